The van der Waals surface area contributed by atoms with Crippen LogP contribution in [0.1, 0.15) is 25.0 Å². The van der Waals surface area contributed by atoms with Crippen LogP contribution in [0, 0.1) is 5.92 Å². The Balaban J connectivity index is 2.70. The maximum atomic E-state index is 10.6. The number of hydrogen-bond donors (Lipinski definition) is 2. The van der Waals surface area contributed by atoms with Crippen LogP contribution in [-0.4, -0.2) is 17.1 Å². The van der Waals surface area contributed by atoms with E-state index in [4.69, 9.17) is 10.8 Å². The van der Waals surface area contributed by atoms with Crippen LogP contribution in [0.15, 0.2) is 24.3 Å². The summed E-state index contributed by atoms with van der Waals surface area (Å²) in [5.74, 6) is -0.349. The fourth-order valence-corrected chi connectivity index (χ4v) is 1.70. The number of hydrogen-bond acceptors (Lipinski definition) is 2. The molecule has 0 aromatic heterocycles. The van der Waals surface area contributed by atoms with Gasteiger partial charge in [0.1, 0.15) is 6.04 Å². The first kappa shape index (κ1) is 12.7. The molecule has 3 nitrogen and oxygen atoms in total. The number of nitrogens with two attached hydrogens (primary N) is 1. The highest BCUT2D eigenvalue weighted by molar-refractivity contribution is 5.73. The topological polar surface area (TPSA) is 63.3 Å². The predicted molar refractivity (Wildman–Crippen MR) is 64.3 cm³/mol. The quantitative estimate of drug-likeness (QED) is 0.797. The third-order valence-corrected chi connectivity index (χ3v) is 2.41. The van der Waals surface area contributed by atoms with Crippen LogP contribution in [-0.2, 0) is 17.6 Å². The number of aliphatic carboxylic acids is 1. The smallest absolute Gasteiger partial charge is 0.320 e. The molecule has 3 heteroatoms. The summed E-state index contributed by atoms with van der Waals surface area (Å²) in [6.07, 6.45) is 1.40. The van der Waals surface area contributed by atoms with Gasteiger partial charge < -0.3 is 10.8 Å². The van der Waals surface area contributed by atoms with Gasteiger partial charge in [-0.05, 0) is 29.9 Å². The van der Waals surface area contributed by atoms with Crippen LogP contribution in [0.2, 0.25) is 0 Å². The molecule has 1 atom stereocenters. The first-order chi connectivity index (χ1) is 7.49. The van der Waals surface area contributed by atoms with Crippen LogP contribution in [0.3, 0.4) is 0 Å². The van der Waals surface area contributed by atoms with Gasteiger partial charge in [-0.2, -0.15) is 0 Å². The average molecular weight is 221 g/mol. The Morgan fingerprint density at radius 2 is 1.88 bits per heavy atom. The number of benzene rings is 1. The van der Waals surface area contributed by atoms with Gasteiger partial charge in [-0.25, -0.2) is 0 Å². The van der Waals surface area contributed by atoms with Crippen molar-refractivity contribution in [2.45, 2.75) is 32.7 Å². The second-order valence-corrected chi connectivity index (χ2v) is 4.57. The van der Waals surface area contributed by atoms with Crippen LogP contribution < -0.4 is 5.73 Å². The lowest BCUT2D eigenvalue weighted by Gasteiger charge is -2.09. The molecule has 16 heavy (non-hydrogen) atoms. The largest absolute Gasteiger partial charge is 0.480 e. The van der Waals surface area contributed by atoms with Gasteiger partial charge in [0.15, 0.2) is 0 Å². The Bertz CT molecular complexity index is 361. The molecule has 0 spiro atoms. The summed E-state index contributed by atoms with van der Waals surface area (Å²) in [5, 5.41) is 8.73. The second-order valence-electron chi connectivity index (χ2n) is 4.57. The van der Waals surface area contributed by atoms with Crippen LogP contribution in [0.4, 0.5) is 0 Å². The molecular weight excluding hydrogens is 202 g/mol. The minimum Gasteiger partial charge on any atom is -0.480 e. The van der Waals surface area contributed by atoms with Crippen LogP contribution in [0.25, 0.3) is 0 Å². The van der Waals surface area contributed by atoms with E-state index in [1.165, 1.54) is 5.56 Å². The highest BCUT2D eigenvalue weighted by Crippen LogP contribution is 2.11. The van der Waals surface area contributed by atoms with Gasteiger partial charge in [-0.3, -0.25) is 4.79 Å². The Labute approximate surface area is 96.3 Å². The number of carboxylic acids is 1. The molecule has 1 rings (SSSR count). The highest BCUT2D eigenvalue weighted by Gasteiger charge is 2.12. The number of carbonyl (C=O) groups is 1. The molecule has 1 aromatic carbocycles. The van der Waals surface area contributed by atoms with E-state index in [2.05, 4.69) is 19.9 Å². The number of rotatable bonds is 5. The Morgan fingerprint density at radius 3 is 2.38 bits per heavy atom. The molecule has 0 radical (unpaired) electrons. The predicted octanol–water partition coefficient (Wildman–Crippen LogP) is 1.84. The molecular formula is C13H19NO2. The lowest BCUT2D eigenvalue weighted by molar-refractivity contribution is -0.138. The van der Waals surface area contributed by atoms with Gasteiger partial charge in [0.25, 0.3) is 0 Å². The van der Waals surface area contributed by atoms with Gasteiger partial charge in [-0.1, -0.05) is 38.1 Å². The van der Waals surface area contributed by atoms with Crippen molar-refractivity contribution in [1.29, 1.82) is 0 Å². The van der Waals surface area contributed by atoms with Gasteiger partial charge in [0.2, 0.25) is 0 Å². The van der Waals surface area contributed by atoms with Gasteiger partial charge in [-0.15, -0.1) is 0 Å². The minimum absolute atomic E-state index is 0.390. The Hall–Kier alpha value is -1.35. The first-order valence-corrected chi connectivity index (χ1v) is 5.55. The lowest BCUT2D eigenvalue weighted by Crippen LogP contribution is -2.32. The van der Waals surface area contributed by atoms with E-state index in [0.29, 0.717) is 12.3 Å². The molecule has 0 unspecified atom stereocenters. The van der Waals surface area contributed by atoms with Crippen molar-refractivity contribution in [3.05, 3.63) is 35.4 Å². The monoisotopic (exact) mass is 221 g/mol. The zero-order chi connectivity index (χ0) is 12.1. The average Bonchev–Trinajstić information content (AvgIpc) is 2.16. The lowest BCUT2D eigenvalue weighted by atomic mass is 9.98. The first-order valence-electron chi connectivity index (χ1n) is 5.55. The van der Waals surface area contributed by atoms with Crippen molar-refractivity contribution >= 4 is 5.97 Å². The SMILES string of the molecule is CC(C)Cc1cccc(C[C@H](N)C(=O)O)c1. The molecule has 1 aromatic rings. The van der Waals surface area contributed by atoms with E-state index in [0.717, 1.165) is 12.0 Å². The molecule has 88 valence electrons. The molecule has 0 fully saturated rings. The normalized spacial score (nSPS) is 12.8. The Morgan fingerprint density at radius 1 is 1.31 bits per heavy atom. The third-order valence-electron chi connectivity index (χ3n) is 2.41. The van der Waals surface area contributed by atoms with Gasteiger partial charge >= 0.3 is 5.97 Å². The molecule has 3 N–H and O–H groups in total. The fourth-order valence-electron chi connectivity index (χ4n) is 1.70. The van der Waals surface area contributed by atoms with Crippen LogP contribution >= 0.6 is 0 Å². The molecule has 0 saturated heterocycles. The number of carboxylic acid groups (broad SMARTS) is 1. The highest BCUT2D eigenvalue weighted by atomic mass is 16.4. The standard InChI is InChI=1S/C13H19NO2/c1-9(2)6-10-4-3-5-11(7-10)8-12(14)13(15)16/h3-5,7,9,12H,6,8,14H2,1-2H3,(H,15,16)/t12-/m0/s1. The van der Waals surface area contributed by atoms with Crippen molar-refractivity contribution in [3.63, 3.8) is 0 Å². The third kappa shape index (κ3) is 4.03. The summed E-state index contributed by atoms with van der Waals surface area (Å²) in [4.78, 5) is 10.6. The maximum Gasteiger partial charge on any atom is 0.320 e. The zero-order valence-corrected chi connectivity index (χ0v) is 9.81. The molecule has 0 aliphatic rings. The molecule has 0 amide bonds. The summed E-state index contributed by atoms with van der Waals surface area (Å²) >= 11 is 0. The zero-order valence-electron chi connectivity index (χ0n) is 9.81. The molecule has 0 heterocycles. The minimum atomic E-state index is -0.950. The van der Waals surface area contributed by atoms with Gasteiger partial charge in [0.05, 0.1) is 0 Å². The van der Waals surface area contributed by atoms with Crippen LogP contribution in [0.5, 0.6) is 0 Å². The summed E-state index contributed by atoms with van der Waals surface area (Å²) in [5.41, 5.74) is 7.73. The summed E-state index contributed by atoms with van der Waals surface area (Å²) in [7, 11) is 0. The summed E-state index contributed by atoms with van der Waals surface area (Å²) in [6, 6.07) is 7.18. The van der Waals surface area contributed by atoms with Gasteiger partial charge in [0, 0.05) is 0 Å². The van der Waals surface area contributed by atoms with Crippen molar-refractivity contribution in [3.8, 4) is 0 Å². The Kier molecular flexibility index (Phi) is 4.50. The van der Waals surface area contributed by atoms with Crippen molar-refractivity contribution in [2.75, 3.05) is 0 Å². The van der Waals surface area contributed by atoms with Crippen molar-refractivity contribution in [2.24, 2.45) is 11.7 Å². The van der Waals surface area contributed by atoms with E-state index < -0.39 is 12.0 Å². The molecule has 0 aliphatic carbocycles. The van der Waals surface area contributed by atoms with E-state index in [1.807, 2.05) is 18.2 Å². The fraction of sp³-hybridized carbons (Fsp3) is 0.462. The van der Waals surface area contributed by atoms with E-state index in [9.17, 15) is 4.79 Å². The van der Waals surface area contributed by atoms with Crippen molar-refractivity contribution < 1.29 is 9.90 Å². The molecule has 0 bridgehead atoms. The van der Waals surface area contributed by atoms with Crippen molar-refractivity contribution in [1.82, 2.24) is 0 Å². The molecule has 0 aliphatic heterocycles. The summed E-state index contributed by atoms with van der Waals surface area (Å²) in [6.45, 7) is 4.32. The summed E-state index contributed by atoms with van der Waals surface area (Å²) < 4.78 is 0. The maximum absolute atomic E-state index is 10.6. The van der Waals surface area contributed by atoms with E-state index in [1.54, 1.807) is 0 Å². The second kappa shape index (κ2) is 5.66. The van der Waals surface area contributed by atoms with E-state index >= 15 is 0 Å². The van der Waals surface area contributed by atoms with E-state index in [-0.39, 0.29) is 0 Å². The molecule has 0 saturated carbocycles.